The molecular weight excluding hydrogens is 360 g/mol. The van der Waals surface area contributed by atoms with E-state index in [1.165, 1.54) is 4.90 Å². The Labute approximate surface area is 144 Å². The Bertz CT molecular complexity index is 625. The third kappa shape index (κ3) is 4.37. The largest absolute Gasteiger partial charge is 0.418 e. The first kappa shape index (κ1) is 18.3. The standard InChI is InChI=1S/C12H20N4O8S/c17-11(14-23-4-3-22-9-5-13-6-9)10-2-1-8-7-15(10)12(18)16(8)24-25(19,20)21/h8-10,13H,1-7H2,(H,14,17)(H,19,20,21). The molecule has 3 aliphatic heterocycles. The quantitative estimate of drug-likeness (QED) is 0.248. The van der Waals surface area contributed by atoms with Crippen LogP contribution in [-0.4, -0.2) is 85.9 Å². The number of nitrogens with zero attached hydrogens (tertiary/aromatic N) is 2. The van der Waals surface area contributed by atoms with E-state index in [4.69, 9.17) is 14.1 Å². The first-order chi connectivity index (χ1) is 11.8. The minimum atomic E-state index is -4.81. The van der Waals surface area contributed by atoms with Crippen molar-refractivity contribution < 1.29 is 36.4 Å². The number of hydrogen-bond donors (Lipinski definition) is 3. The van der Waals surface area contributed by atoms with Crippen LogP contribution in [0.4, 0.5) is 4.79 Å². The molecule has 0 radical (unpaired) electrons. The van der Waals surface area contributed by atoms with Gasteiger partial charge in [-0.3, -0.25) is 14.2 Å². The molecule has 2 bridgehead atoms. The second-order valence-corrected chi connectivity index (χ2v) is 6.98. The summed E-state index contributed by atoms with van der Waals surface area (Å²) in [6.07, 6.45) is 0.847. The smallest absolute Gasteiger partial charge is 0.373 e. The number of urea groups is 1. The van der Waals surface area contributed by atoms with Gasteiger partial charge < -0.3 is 15.0 Å². The maximum absolute atomic E-state index is 12.2. The molecule has 12 nitrogen and oxygen atoms in total. The monoisotopic (exact) mass is 380 g/mol. The molecule has 3 N–H and O–H groups in total. The summed E-state index contributed by atoms with van der Waals surface area (Å²) in [6, 6.07) is -2.12. The fraction of sp³-hybridized carbons (Fsp3) is 0.833. The van der Waals surface area contributed by atoms with Crippen LogP contribution in [-0.2, 0) is 29.1 Å². The Balaban J connectivity index is 1.45. The van der Waals surface area contributed by atoms with Crippen molar-refractivity contribution >= 4 is 22.3 Å². The predicted octanol–water partition coefficient (Wildman–Crippen LogP) is -1.97. The number of carbonyl (C=O) groups is 2. The van der Waals surface area contributed by atoms with E-state index in [9.17, 15) is 18.0 Å². The number of amides is 3. The Morgan fingerprint density at radius 2 is 2.08 bits per heavy atom. The van der Waals surface area contributed by atoms with Gasteiger partial charge in [-0.25, -0.2) is 10.3 Å². The van der Waals surface area contributed by atoms with Gasteiger partial charge in [-0.05, 0) is 12.8 Å². The van der Waals surface area contributed by atoms with Crippen LogP contribution in [0.15, 0.2) is 0 Å². The van der Waals surface area contributed by atoms with Crippen LogP contribution in [0, 0.1) is 0 Å². The van der Waals surface area contributed by atoms with Crippen molar-refractivity contribution in [2.75, 3.05) is 32.8 Å². The van der Waals surface area contributed by atoms with Gasteiger partial charge in [-0.2, -0.15) is 13.5 Å². The lowest BCUT2D eigenvalue weighted by atomic mass is 10.0. The van der Waals surface area contributed by atoms with Gasteiger partial charge in [0, 0.05) is 19.6 Å². The number of fused-ring (bicyclic) bond motifs is 2. The average molecular weight is 380 g/mol. The summed E-state index contributed by atoms with van der Waals surface area (Å²) in [5.74, 6) is -0.509. The van der Waals surface area contributed by atoms with E-state index in [1.54, 1.807) is 0 Å². The fourth-order valence-corrected chi connectivity index (χ4v) is 3.32. The summed E-state index contributed by atoms with van der Waals surface area (Å²) >= 11 is 0. The Kier molecular flexibility index (Phi) is 5.41. The second-order valence-electron chi connectivity index (χ2n) is 5.98. The topological polar surface area (TPSA) is 147 Å². The van der Waals surface area contributed by atoms with Crippen LogP contribution in [0.1, 0.15) is 12.8 Å². The van der Waals surface area contributed by atoms with Gasteiger partial charge in [0.25, 0.3) is 5.91 Å². The maximum Gasteiger partial charge on any atom is 0.418 e. The van der Waals surface area contributed by atoms with Gasteiger partial charge in [0.2, 0.25) is 0 Å². The van der Waals surface area contributed by atoms with Crippen LogP contribution in [0.3, 0.4) is 0 Å². The summed E-state index contributed by atoms with van der Waals surface area (Å²) in [7, 11) is -4.81. The van der Waals surface area contributed by atoms with E-state index in [2.05, 4.69) is 15.1 Å². The van der Waals surface area contributed by atoms with Crippen molar-refractivity contribution in [3.63, 3.8) is 0 Å². The molecule has 0 aromatic rings. The van der Waals surface area contributed by atoms with Crippen molar-refractivity contribution in [1.29, 1.82) is 0 Å². The average Bonchev–Trinajstić information content (AvgIpc) is 2.72. The Morgan fingerprint density at radius 1 is 1.32 bits per heavy atom. The third-order valence-corrected chi connectivity index (χ3v) is 4.60. The number of carbonyl (C=O) groups excluding carboxylic acids is 2. The lowest BCUT2D eigenvalue weighted by Gasteiger charge is -2.29. The Hall–Kier alpha value is -1.51. The molecule has 0 spiro atoms. The molecule has 3 aliphatic rings. The van der Waals surface area contributed by atoms with Crippen LogP contribution in [0.2, 0.25) is 0 Å². The van der Waals surface area contributed by atoms with Crippen molar-refractivity contribution in [2.45, 2.75) is 31.0 Å². The van der Waals surface area contributed by atoms with Gasteiger partial charge in [0.15, 0.2) is 0 Å². The molecule has 2 unspecified atom stereocenters. The highest BCUT2D eigenvalue weighted by Crippen LogP contribution is 2.30. The zero-order chi connectivity index (χ0) is 18.0. The summed E-state index contributed by atoms with van der Waals surface area (Å²) in [5.41, 5.74) is 2.27. The van der Waals surface area contributed by atoms with Crippen molar-refractivity contribution in [3.05, 3.63) is 0 Å². The highest BCUT2D eigenvalue weighted by Gasteiger charge is 2.49. The van der Waals surface area contributed by atoms with Gasteiger partial charge in [0.05, 0.1) is 25.4 Å². The number of hydrogen-bond acceptors (Lipinski definition) is 8. The molecule has 142 valence electrons. The molecule has 0 aliphatic carbocycles. The highest BCUT2D eigenvalue weighted by atomic mass is 32.3. The van der Waals surface area contributed by atoms with Crippen LogP contribution < -0.4 is 10.8 Å². The van der Waals surface area contributed by atoms with Gasteiger partial charge in [-0.1, -0.05) is 0 Å². The van der Waals surface area contributed by atoms with Crippen molar-refractivity contribution in [1.82, 2.24) is 20.8 Å². The lowest BCUT2D eigenvalue weighted by Crippen LogP contribution is -2.50. The van der Waals surface area contributed by atoms with Gasteiger partial charge >= 0.3 is 16.4 Å². The van der Waals surface area contributed by atoms with Crippen molar-refractivity contribution in [3.8, 4) is 0 Å². The normalized spacial score (nSPS) is 26.7. The zero-order valence-electron chi connectivity index (χ0n) is 13.3. The first-order valence-electron chi connectivity index (χ1n) is 7.86. The zero-order valence-corrected chi connectivity index (χ0v) is 14.1. The fourth-order valence-electron chi connectivity index (χ4n) is 2.93. The van der Waals surface area contributed by atoms with Crippen LogP contribution in [0.5, 0.6) is 0 Å². The van der Waals surface area contributed by atoms with Crippen LogP contribution >= 0.6 is 0 Å². The predicted molar refractivity (Wildman–Crippen MR) is 80.1 cm³/mol. The minimum Gasteiger partial charge on any atom is -0.373 e. The minimum absolute atomic E-state index is 0.129. The molecule has 25 heavy (non-hydrogen) atoms. The van der Waals surface area contributed by atoms with Gasteiger partial charge in [-0.15, -0.1) is 4.28 Å². The molecule has 3 heterocycles. The SMILES string of the molecule is O=C(NOCCOC1CNC1)C1CCC2CN1C(=O)N2OS(=O)(=O)O. The molecule has 3 fully saturated rings. The van der Waals surface area contributed by atoms with E-state index in [1.807, 2.05) is 0 Å². The molecule has 2 atom stereocenters. The van der Waals surface area contributed by atoms with E-state index in [0.717, 1.165) is 13.1 Å². The number of ether oxygens (including phenoxy) is 1. The molecule has 3 amide bonds. The molecule has 0 aromatic carbocycles. The number of piperidine rings is 1. The van der Waals surface area contributed by atoms with Crippen LogP contribution in [0.25, 0.3) is 0 Å². The number of rotatable bonds is 8. The molecule has 3 saturated heterocycles. The number of hydroxylamine groups is 3. The van der Waals surface area contributed by atoms with E-state index < -0.39 is 34.4 Å². The van der Waals surface area contributed by atoms with E-state index in [0.29, 0.717) is 24.5 Å². The summed E-state index contributed by atoms with van der Waals surface area (Å²) < 4.78 is 40.1. The lowest BCUT2D eigenvalue weighted by molar-refractivity contribution is -0.140. The molecule has 13 heteroatoms. The van der Waals surface area contributed by atoms with Gasteiger partial charge in [0.1, 0.15) is 6.04 Å². The van der Waals surface area contributed by atoms with E-state index >= 15 is 0 Å². The second kappa shape index (κ2) is 7.39. The first-order valence-corrected chi connectivity index (χ1v) is 9.22. The molecule has 0 aromatic heterocycles. The summed E-state index contributed by atoms with van der Waals surface area (Å²) in [6.45, 7) is 2.23. The van der Waals surface area contributed by atoms with E-state index in [-0.39, 0.29) is 19.3 Å². The van der Waals surface area contributed by atoms with Crippen molar-refractivity contribution in [2.24, 2.45) is 0 Å². The summed E-state index contributed by atoms with van der Waals surface area (Å²) in [4.78, 5) is 30.6. The number of nitrogens with one attached hydrogen (secondary N) is 2. The molecule has 3 rings (SSSR count). The Morgan fingerprint density at radius 3 is 2.72 bits per heavy atom. The molecule has 0 saturated carbocycles. The summed E-state index contributed by atoms with van der Waals surface area (Å²) in [5, 5.41) is 3.65. The third-order valence-electron chi connectivity index (χ3n) is 4.26. The molecular formula is C12H20N4O8S. The highest BCUT2D eigenvalue weighted by molar-refractivity contribution is 7.80. The maximum atomic E-state index is 12.2.